The predicted octanol–water partition coefficient (Wildman–Crippen LogP) is 2.61. The SMILES string of the molecule is CNCCC1CCCCN1Cc1ccc(NC(C)=O)cc1. The van der Waals surface area contributed by atoms with Gasteiger partial charge in [0.05, 0.1) is 0 Å². The highest BCUT2D eigenvalue weighted by atomic mass is 16.1. The molecule has 1 amide bonds. The van der Waals surface area contributed by atoms with Gasteiger partial charge >= 0.3 is 0 Å². The van der Waals surface area contributed by atoms with Crippen LogP contribution in [0.4, 0.5) is 5.69 Å². The van der Waals surface area contributed by atoms with Crippen molar-refractivity contribution in [2.45, 2.75) is 45.2 Å². The van der Waals surface area contributed by atoms with Crippen LogP contribution in [0.3, 0.4) is 0 Å². The van der Waals surface area contributed by atoms with Gasteiger partial charge in [-0.2, -0.15) is 0 Å². The van der Waals surface area contributed by atoms with Gasteiger partial charge < -0.3 is 10.6 Å². The van der Waals surface area contributed by atoms with Crippen LogP contribution < -0.4 is 10.6 Å². The Kier molecular flexibility index (Phi) is 6.21. The molecule has 2 N–H and O–H groups in total. The Morgan fingerprint density at radius 3 is 2.71 bits per heavy atom. The number of likely N-dealkylation sites (tertiary alicyclic amines) is 1. The Morgan fingerprint density at radius 1 is 1.29 bits per heavy atom. The van der Waals surface area contributed by atoms with E-state index >= 15 is 0 Å². The van der Waals surface area contributed by atoms with Crippen LogP contribution in [-0.4, -0.2) is 37.0 Å². The van der Waals surface area contributed by atoms with Crippen LogP contribution in [0.15, 0.2) is 24.3 Å². The molecule has 1 unspecified atom stereocenters. The Balaban J connectivity index is 1.93. The highest BCUT2D eigenvalue weighted by molar-refractivity contribution is 5.88. The third-order valence-electron chi connectivity index (χ3n) is 4.14. The van der Waals surface area contributed by atoms with Crippen LogP contribution in [0.25, 0.3) is 0 Å². The first-order chi connectivity index (χ1) is 10.2. The van der Waals surface area contributed by atoms with Crippen molar-refractivity contribution < 1.29 is 4.79 Å². The summed E-state index contributed by atoms with van der Waals surface area (Å²) in [6, 6.07) is 8.91. The fraction of sp³-hybridized carbons (Fsp3) is 0.588. The highest BCUT2D eigenvalue weighted by Gasteiger charge is 2.21. The number of piperidine rings is 1. The number of anilines is 1. The van der Waals surface area contributed by atoms with Gasteiger partial charge in [-0.05, 0) is 57.1 Å². The minimum absolute atomic E-state index is 0.0223. The molecule has 2 rings (SSSR count). The normalized spacial score (nSPS) is 19.4. The van der Waals surface area contributed by atoms with Gasteiger partial charge in [-0.15, -0.1) is 0 Å². The lowest BCUT2D eigenvalue weighted by Gasteiger charge is -2.36. The third-order valence-corrected chi connectivity index (χ3v) is 4.14. The lowest BCUT2D eigenvalue weighted by molar-refractivity contribution is -0.114. The highest BCUT2D eigenvalue weighted by Crippen LogP contribution is 2.22. The van der Waals surface area contributed by atoms with E-state index in [4.69, 9.17) is 0 Å². The summed E-state index contributed by atoms with van der Waals surface area (Å²) in [6.45, 7) is 4.83. The maximum atomic E-state index is 11.0. The van der Waals surface area contributed by atoms with Gasteiger partial charge in [0.1, 0.15) is 0 Å². The summed E-state index contributed by atoms with van der Waals surface area (Å²) in [6.07, 6.45) is 5.19. The van der Waals surface area contributed by atoms with Crippen molar-refractivity contribution in [3.63, 3.8) is 0 Å². The quantitative estimate of drug-likeness (QED) is 0.846. The van der Waals surface area contributed by atoms with Crippen LogP contribution in [-0.2, 0) is 11.3 Å². The zero-order valence-corrected chi connectivity index (χ0v) is 13.2. The van der Waals surface area contributed by atoms with Gasteiger partial charge in [-0.25, -0.2) is 0 Å². The standard InChI is InChI=1S/C17H27N3O/c1-14(21)19-16-8-6-15(7-9-16)13-20-12-4-3-5-17(20)10-11-18-2/h6-9,17-18H,3-5,10-13H2,1-2H3,(H,19,21). The second kappa shape index (κ2) is 8.15. The number of carbonyl (C=O) groups is 1. The van der Waals surface area contributed by atoms with Crippen molar-refractivity contribution in [1.29, 1.82) is 0 Å². The predicted molar refractivity (Wildman–Crippen MR) is 87.3 cm³/mol. The van der Waals surface area contributed by atoms with E-state index in [1.165, 1.54) is 44.7 Å². The summed E-state index contributed by atoms with van der Waals surface area (Å²) in [5.74, 6) is -0.0223. The number of nitrogens with zero attached hydrogens (tertiary/aromatic N) is 1. The van der Waals surface area contributed by atoms with Gasteiger partial charge in [0.15, 0.2) is 0 Å². The number of carbonyl (C=O) groups excluding carboxylic acids is 1. The zero-order valence-electron chi connectivity index (χ0n) is 13.2. The molecule has 1 aromatic rings. The van der Waals surface area contributed by atoms with Crippen LogP contribution in [0, 0.1) is 0 Å². The van der Waals surface area contributed by atoms with Gasteiger partial charge in [0.25, 0.3) is 0 Å². The monoisotopic (exact) mass is 289 g/mol. The van der Waals surface area contributed by atoms with Crippen molar-refractivity contribution in [2.24, 2.45) is 0 Å². The molecule has 0 bridgehead atoms. The minimum atomic E-state index is -0.0223. The van der Waals surface area contributed by atoms with E-state index < -0.39 is 0 Å². The molecule has 4 heteroatoms. The zero-order chi connectivity index (χ0) is 15.1. The van der Waals surface area contributed by atoms with E-state index in [1.54, 1.807) is 0 Å². The average molecular weight is 289 g/mol. The molecule has 1 saturated heterocycles. The number of amides is 1. The molecule has 1 aliphatic rings. The first kappa shape index (κ1) is 16.0. The van der Waals surface area contributed by atoms with Crippen molar-refractivity contribution in [2.75, 3.05) is 25.5 Å². The van der Waals surface area contributed by atoms with Crippen LogP contribution in [0.5, 0.6) is 0 Å². The molecule has 21 heavy (non-hydrogen) atoms. The fourth-order valence-corrected chi connectivity index (χ4v) is 3.04. The van der Waals surface area contributed by atoms with Gasteiger partial charge in [0.2, 0.25) is 5.91 Å². The van der Waals surface area contributed by atoms with Crippen molar-refractivity contribution >= 4 is 11.6 Å². The summed E-state index contributed by atoms with van der Waals surface area (Å²) in [5, 5.41) is 6.07. The smallest absolute Gasteiger partial charge is 0.221 e. The molecule has 116 valence electrons. The Labute approximate surface area is 127 Å². The summed E-state index contributed by atoms with van der Waals surface area (Å²) < 4.78 is 0. The first-order valence-electron chi connectivity index (χ1n) is 7.94. The van der Waals surface area contributed by atoms with E-state index in [0.717, 1.165) is 18.8 Å². The lowest BCUT2D eigenvalue weighted by Crippen LogP contribution is -2.40. The molecule has 0 spiro atoms. The second-order valence-corrected chi connectivity index (χ2v) is 5.89. The Hall–Kier alpha value is -1.39. The first-order valence-corrected chi connectivity index (χ1v) is 7.94. The fourth-order valence-electron chi connectivity index (χ4n) is 3.04. The molecular formula is C17H27N3O. The molecule has 0 saturated carbocycles. The summed E-state index contributed by atoms with van der Waals surface area (Å²) >= 11 is 0. The molecule has 1 heterocycles. The number of rotatable bonds is 6. The van der Waals surface area contributed by atoms with E-state index in [2.05, 4.69) is 27.7 Å². The number of hydrogen-bond acceptors (Lipinski definition) is 3. The molecule has 1 aliphatic heterocycles. The van der Waals surface area contributed by atoms with Gasteiger partial charge in [0, 0.05) is 25.2 Å². The summed E-state index contributed by atoms with van der Waals surface area (Å²) in [5.41, 5.74) is 2.19. The van der Waals surface area contributed by atoms with Crippen LogP contribution in [0.1, 0.15) is 38.2 Å². The molecular weight excluding hydrogens is 262 g/mol. The van der Waals surface area contributed by atoms with Crippen LogP contribution in [0.2, 0.25) is 0 Å². The molecule has 1 fully saturated rings. The second-order valence-electron chi connectivity index (χ2n) is 5.89. The summed E-state index contributed by atoms with van der Waals surface area (Å²) in [7, 11) is 2.02. The van der Waals surface area contributed by atoms with Crippen molar-refractivity contribution in [1.82, 2.24) is 10.2 Å². The van der Waals surface area contributed by atoms with E-state index in [-0.39, 0.29) is 5.91 Å². The molecule has 0 radical (unpaired) electrons. The molecule has 0 aliphatic carbocycles. The number of hydrogen-bond donors (Lipinski definition) is 2. The lowest BCUT2D eigenvalue weighted by atomic mass is 9.98. The van der Waals surface area contributed by atoms with Gasteiger partial charge in [-0.3, -0.25) is 9.69 Å². The van der Waals surface area contributed by atoms with Gasteiger partial charge in [-0.1, -0.05) is 18.6 Å². The molecule has 4 nitrogen and oxygen atoms in total. The topological polar surface area (TPSA) is 44.4 Å². The van der Waals surface area contributed by atoms with Crippen molar-refractivity contribution in [3.05, 3.63) is 29.8 Å². The number of nitrogens with one attached hydrogen (secondary N) is 2. The maximum Gasteiger partial charge on any atom is 0.221 e. The maximum absolute atomic E-state index is 11.0. The summed E-state index contributed by atoms with van der Waals surface area (Å²) in [4.78, 5) is 13.6. The van der Waals surface area contributed by atoms with E-state index in [0.29, 0.717) is 6.04 Å². The van der Waals surface area contributed by atoms with Crippen molar-refractivity contribution in [3.8, 4) is 0 Å². The number of benzene rings is 1. The third kappa shape index (κ3) is 5.14. The molecule has 1 atom stereocenters. The Morgan fingerprint density at radius 2 is 2.05 bits per heavy atom. The Bertz CT molecular complexity index is 444. The largest absolute Gasteiger partial charge is 0.326 e. The van der Waals surface area contributed by atoms with E-state index in [9.17, 15) is 4.79 Å². The molecule has 1 aromatic carbocycles. The van der Waals surface area contributed by atoms with Crippen LogP contribution >= 0.6 is 0 Å². The minimum Gasteiger partial charge on any atom is -0.326 e. The average Bonchev–Trinajstić information content (AvgIpc) is 2.48. The molecule has 0 aromatic heterocycles. The van der Waals surface area contributed by atoms with E-state index in [1.807, 2.05) is 19.2 Å².